The number of rotatable bonds is 4. The molecular weight excluding hydrogens is 302 g/mol. The van der Waals surface area contributed by atoms with Crippen LogP contribution in [-0.2, 0) is 5.33 Å². The van der Waals surface area contributed by atoms with E-state index < -0.39 is 0 Å². The maximum absolute atomic E-state index is 12.6. The summed E-state index contributed by atoms with van der Waals surface area (Å²) in [6, 6.07) is 8.41. The lowest BCUT2D eigenvalue weighted by Gasteiger charge is -2.36. The van der Waals surface area contributed by atoms with E-state index in [1.807, 2.05) is 24.3 Å². The highest BCUT2D eigenvalue weighted by Crippen LogP contribution is 2.23. The second kappa shape index (κ2) is 7.09. The molecule has 0 saturated carbocycles. The summed E-state index contributed by atoms with van der Waals surface area (Å²) in [7, 11) is 0. The normalized spacial score (nSPS) is 19.5. The molecule has 0 spiro atoms. The first-order valence-electron chi connectivity index (χ1n) is 7.22. The van der Waals surface area contributed by atoms with Gasteiger partial charge in [0.15, 0.2) is 0 Å². The van der Waals surface area contributed by atoms with E-state index in [9.17, 15) is 4.79 Å². The van der Waals surface area contributed by atoms with Gasteiger partial charge in [-0.15, -0.1) is 0 Å². The maximum Gasteiger partial charge on any atom is 0.254 e. The molecule has 104 valence electrons. The molecule has 19 heavy (non-hydrogen) atoms. The van der Waals surface area contributed by atoms with Crippen molar-refractivity contribution in [3.8, 4) is 0 Å². The summed E-state index contributed by atoms with van der Waals surface area (Å²) in [6.07, 6.45) is 5.85. The lowest BCUT2D eigenvalue weighted by atomic mass is 9.97. The van der Waals surface area contributed by atoms with E-state index >= 15 is 0 Å². The fourth-order valence-corrected chi connectivity index (χ4v) is 3.18. The zero-order valence-electron chi connectivity index (χ0n) is 11.6. The van der Waals surface area contributed by atoms with Crippen molar-refractivity contribution in [2.75, 3.05) is 6.54 Å². The molecule has 1 aliphatic rings. The molecule has 1 amide bonds. The highest BCUT2D eigenvalue weighted by Gasteiger charge is 2.26. The highest BCUT2D eigenvalue weighted by atomic mass is 79.9. The Hall–Kier alpha value is -0.830. The van der Waals surface area contributed by atoms with Crippen molar-refractivity contribution >= 4 is 21.8 Å². The minimum Gasteiger partial charge on any atom is -0.336 e. The molecule has 2 rings (SSSR count). The van der Waals surface area contributed by atoms with Crippen LogP contribution in [0.5, 0.6) is 0 Å². The van der Waals surface area contributed by atoms with Crippen molar-refractivity contribution in [3.05, 3.63) is 35.4 Å². The highest BCUT2D eigenvalue weighted by molar-refractivity contribution is 9.08. The number of halogens is 1. The number of alkyl halides is 1. The Balaban J connectivity index is 2.11. The van der Waals surface area contributed by atoms with Crippen molar-refractivity contribution in [3.63, 3.8) is 0 Å². The quantitative estimate of drug-likeness (QED) is 0.753. The first-order valence-corrected chi connectivity index (χ1v) is 8.34. The number of nitrogens with zero attached hydrogens (tertiary/aromatic N) is 1. The molecule has 1 fully saturated rings. The van der Waals surface area contributed by atoms with E-state index in [4.69, 9.17) is 0 Å². The minimum absolute atomic E-state index is 0.208. The predicted molar refractivity (Wildman–Crippen MR) is 82.7 cm³/mol. The minimum atomic E-state index is 0.208. The molecule has 1 aromatic carbocycles. The van der Waals surface area contributed by atoms with Gasteiger partial charge in [-0.2, -0.15) is 0 Å². The van der Waals surface area contributed by atoms with Crippen LogP contribution >= 0.6 is 15.9 Å². The van der Waals surface area contributed by atoms with Crippen LogP contribution in [-0.4, -0.2) is 23.4 Å². The number of hydrogen-bond donors (Lipinski definition) is 0. The maximum atomic E-state index is 12.6. The summed E-state index contributed by atoms with van der Waals surface area (Å²) in [4.78, 5) is 14.7. The number of carbonyl (C=O) groups excluding carboxylic acids is 1. The number of benzene rings is 1. The fraction of sp³-hybridized carbons (Fsp3) is 0.562. The molecule has 1 aromatic rings. The van der Waals surface area contributed by atoms with Gasteiger partial charge >= 0.3 is 0 Å². The van der Waals surface area contributed by atoms with Gasteiger partial charge in [0.05, 0.1) is 0 Å². The van der Waals surface area contributed by atoms with E-state index in [1.165, 1.54) is 18.4 Å². The van der Waals surface area contributed by atoms with Crippen molar-refractivity contribution in [2.24, 2.45) is 0 Å². The molecule has 3 heteroatoms. The summed E-state index contributed by atoms with van der Waals surface area (Å²) < 4.78 is 0. The number of hydrogen-bond acceptors (Lipinski definition) is 1. The molecule has 1 heterocycles. The fourth-order valence-electron chi connectivity index (χ4n) is 2.80. The molecule has 1 aliphatic heterocycles. The molecule has 1 unspecified atom stereocenters. The van der Waals surface area contributed by atoms with Crippen LogP contribution in [0, 0.1) is 0 Å². The Morgan fingerprint density at radius 3 is 2.68 bits per heavy atom. The summed E-state index contributed by atoms with van der Waals surface area (Å²) in [5.41, 5.74) is 2.04. The van der Waals surface area contributed by atoms with Gasteiger partial charge in [0, 0.05) is 23.5 Å². The monoisotopic (exact) mass is 323 g/mol. The Labute approximate surface area is 124 Å². The van der Waals surface area contributed by atoms with Crippen molar-refractivity contribution in [2.45, 2.75) is 50.4 Å². The summed E-state index contributed by atoms with van der Waals surface area (Å²) in [5.74, 6) is 0.208. The SMILES string of the molecule is CCCC1CCCCN1C(=O)c1ccc(CBr)cc1. The van der Waals surface area contributed by atoms with Crippen LogP contribution in [0.25, 0.3) is 0 Å². The van der Waals surface area contributed by atoms with Crippen molar-refractivity contribution < 1.29 is 4.79 Å². The van der Waals surface area contributed by atoms with Crippen molar-refractivity contribution in [1.82, 2.24) is 4.90 Å². The van der Waals surface area contributed by atoms with Gasteiger partial charge in [-0.05, 0) is 43.4 Å². The topological polar surface area (TPSA) is 20.3 Å². The lowest BCUT2D eigenvalue weighted by Crippen LogP contribution is -2.43. The van der Waals surface area contributed by atoms with Crippen LogP contribution in [0.3, 0.4) is 0 Å². The van der Waals surface area contributed by atoms with Gasteiger partial charge in [-0.3, -0.25) is 4.79 Å². The van der Waals surface area contributed by atoms with Crippen LogP contribution < -0.4 is 0 Å². The standard InChI is InChI=1S/C16H22BrNO/c1-2-5-15-6-3-4-11-18(15)16(19)14-9-7-13(12-17)8-10-14/h7-10,15H,2-6,11-12H2,1H3. The molecule has 1 atom stereocenters. The molecule has 1 saturated heterocycles. The van der Waals surface area contributed by atoms with Crippen LogP contribution in [0.15, 0.2) is 24.3 Å². The Kier molecular flexibility index (Phi) is 5.44. The van der Waals surface area contributed by atoms with Gasteiger partial charge in [0.2, 0.25) is 0 Å². The average molecular weight is 324 g/mol. The number of piperidine rings is 1. The Morgan fingerprint density at radius 1 is 1.32 bits per heavy atom. The zero-order valence-corrected chi connectivity index (χ0v) is 13.2. The first-order chi connectivity index (χ1) is 9.26. The average Bonchev–Trinajstić information content (AvgIpc) is 2.47. The van der Waals surface area contributed by atoms with Crippen LogP contribution in [0.4, 0.5) is 0 Å². The second-order valence-corrected chi connectivity index (χ2v) is 5.83. The van der Waals surface area contributed by atoms with Gasteiger partial charge in [-0.1, -0.05) is 41.4 Å². The molecule has 0 aliphatic carbocycles. The van der Waals surface area contributed by atoms with Gasteiger partial charge in [-0.25, -0.2) is 0 Å². The summed E-state index contributed by atoms with van der Waals surface area (Å²) in [5, 5.41) is 0.837. The third-order valence-corrected chi connectivity index (χ3v) is 4.51. The summed E-state index contributed by atoms with van der Waals surface area (Å²) in [6.45, 7) is 3.12. The predicted octanol–water partition coefficient (Wildman–Crippen LogP) is 4.38. The molecular formula is C16H22BrNO. The lowest BCUT2D eigenvalue weighted by molar-refractivity contribution is 0.0600. The van der Waals surface area contributed by atoms with Crippen LogP contribution in [0.1, 0.15) is 54.9 Å². The zero-order chi connectivity index (χ0) is 13.7. The van der Waals surface area contributed by atoms with Crippen molar-refractivity contribution in [1.29, 1.82) is 0 Å². The van der Waals surface area contributed by atoms with E-state index in [0.29, 0.717) is 6.04 Å². The van der Waals surface area contributed by atoms with E-state index in [1.54, 1.807) is 0 Å². The van der Waals surface area contributed by atoms with Gasteiger partial charge in [0.1, 0.15) is 0 Å². The molecule has 0 bridgehead atoms. The smallest absolute Gasteiger partial charge is 0.254 e. The third-order valence-electron chi connectivity index (χ3n) is 3.87. The Bertz CT molecular complexity index is 413. The van der Waals surface area contributed by atoms with Gasteiger partial charge < -0.3 is 4.90 Å². The number of amides is 1. The Morgan fingerprint density at radius 2 is 2.05 bits per heavy atom. The van der Waals surface area contributed by atoms with E-state index in [0.717, 1.165) is 36.7 Å². The molecule has 2 nitrogen and oxygen atoms in total. The summed E-state index contributed by atoms with van der Waals surface area (Å²) >= 11 is 3.43. The number of carbonyl (C=O) groups is 1. The van der Waals surface area contributed by atoms with E-state index in [2.05, 4.69) is 27.8 Å². The molecule has 0 radical (unpaired) electrons. The largest absolute Gasteiger partial charge is 0.336 e. The van der Waals surface area contributed by atoms with Crippen LogP contribution in [0.2, 0.25) is 0 Å². The third kappa shape index (κ3) is 3.59. The van der Waals surface area contributed by atoms with Gasteiger partial charge in [0.25, 0.3) is 5.91 Å². The number of likely N-dealkylation sites (tertiary alicyclic amines) is 1. The first kappa shape index (κ1) is 14.6. The van der Waals surface area contributed by atoms with E-state index in [-0.39, 0.29) is 5.91 Å². The molecule has 0 N–H and O–H groups in total. The second-order valence-electron chi connectivity index (χ2n) is 5.27. The molecule has 0 aromatic heterocycles.